The summed E-state index contributed by atoms with van der Waals surface area (Å²) in [5.74, 6) is -0.252. The molecule has 1 saturated carbocycles. The van der Waals surface area contributed by atoms with E-state index in [1.807, 2.05) is 41.1 Å². The second-order valence-electron chi connectivity index (χ2n) is 6.42. The summed E-state index contributed by atoms with van der Waals surface area (Å²) in [5, 5.41) is 9.79. The molecule has 2 aromatic rings. The van der Waals surface area contributed by atoms with E-state index in [1.165, 1.54) is 0 Å². The third-order valence-corrected chi connectivity index (χ3v) is 5.11. The van der Waals surface area contributed by atoms with Gasteiger partial charge in [-0.3, -0.25) is 4.79 Å². The molecular formula is C18H23N3O2. The van der Waals surface area contributed by atoms with E-state index in [2.05, 4.69) is 11.9 Å². The Morgan fingerprint density at radius 2 is 2.22 bits per heavy atom. The molecule has 1 aliphatic rings. The number of rotatable bonds is 7. The van der Waals surface area contributed by atoms with Gasteiger partial charge in [-0.05, 0) is 43.4 Å². The van der Waals surface area contributed by atoms with Crippen molar-refractivity contribution in [1.29, 1.82) is 0 Å². The number of benzene rings is 1. The monoisotopic (exact) mass is 313 g/mol. The number of para-hydroxylation sites is 1. The van der Waals surface area contributed by atoms with Gasteiger partial charge in [0, 0.05) is 11.9 Å². The highest BCUT2D eigenvalue weighted by Gasteiger charge is 2.63. The minimum atomic E-state index is -0.831. The molecule has 1 aliphatic carbocycles. The van der Waals surface area contributed by atoms with Crippen LogP contribution < -0.4 is 5.73 Å². The summed E-state index contributed by atoms with van der Waals surface area (Å²) in [6, 6.07) is 9.81. The number of hydrogen-bond donors (Lipinski definition) is 2. The van der Waals surface area contributed by atoms with Crippen LogP contribution in [-0.2, 0) is 10.2 Å². The van der Waals surface area contributed by atoms with Gasteiger partial charge in [0.25, 0.3) is 0 Å². The minimum absolute atomic E-state index is 0.132. The van der Waals surface area contributed by atoms with E-state index in [4.69, 9.17) is 5.73 Å². The number of nitrogens with two attached hydrogens (primary N) is 1. The lowest BCUT2D eigenvalue weighted by Crippen LogP contribution is -2.25. The summed E-state index contributed by atoms with van der Waals surface area (Å²) in [5.41, 5.74) is 6.59. The zero-order chi connectivity index (χ0) is 16.4. The number of carbonyl (C=O) groups is 1. The topological polar surface area (TPSA) is 81.1 Å². The third kappa shape index (κ3) is 2.77. The summed E-state index contributed by atoms with van der Waals surface area (Å²) in [6.45, 7) is 2.72. The molecule has 1 unspecified atom stereocenters. The van der Waals surface area contributed by atoms with Crippen molar-refractivity contribution in [2.75, 3.05) is 6.54 Å². The van der Waals surface area contributed by atoms with Crippen molar-refractivity contribution in [3.8, 4) is 5.69 Å². The highest BCUT2D eigenvalue weighted by Crippen LogP contribution is 2.57. The summed E-state index contributed by atoms with van der Waals surface area (Å²) < 4.78 is 1.88. The fourth-order valence-corrected chi connectivity index (χ4v) is 3.43. The van der Waals surface area contributed by atoms with E-state index in [0.29, 0.717) is 24.6 Å². The van der Waals surface area contributed by atoms with E-state index in [1.54, 1.807) is 6.33 Å². The van der Waals surface area contributed by atoms with E-state index in [0.717, 1.165) is 18.5 Å². The van der Waals surface area contributed by atoms with Crippen LogP contribution in [0.1, 0.15) is 31.9 Å². The minimum Gasteiger partial charge on any atom is -0.481 e. The Bertz CT molecular complexity index is 679. The van der Waals surface area contributed by atoms with Gasteiger partial charge < -0.3 is 15.4 Å². The van der Waals surface area contributed by atoms with Crippen LogP contribution in [0.25, 0.3) is 5.69 Å². The van der Waals surface area contributed by atoms with E-state index < -0.39 is 11.4 Å². The molecule has 122 valence electrons. The van der Waals surface area contributed by atoms with Crippen molar-refractivity contribution in [3.05, 3.63) is 48.5 Å². The van der Waals surface area contributed by atoms with Gasteiger partial charge in [0.05, 0.1) is 12.0 Å². The fraction of sp³-hybridized carbons (Fsp3) is 0.444. The molecule has 1 aromatic carbocycles. The molecule has 1 heterocycles. The van der Waals surface area contributed by atoms with Gasteiger partial charge in [-0.15, -0.1) is 0 Å². The molecule has 1 fully saturated rings. The van der Waals surface area contributed by atoms with Crippen LogP contribution in [0.5, 0.6) is 0 Å². The smallest absolute Gasteiger partial charge is 0.316 e. The Kier molecular flexibility index (Phi) is 4.22. The maximum Gasteiger partial charge on any atom is 0.316 e. The first kappa shape index (κ1) is 15.7. The van der Waals surface area contributed by atoms with E-state index >= 15 is 0 Å². The normalized spacial score (nSPS) is 24.3. The lowest BCUT2D eigenvalue weighted by molar-refractivity contribution is -0.140. The lowest BCUT2D eigenvalue weighted by atomic mass is 9.92. The molecule has 5 nitrogen and oxygen atoms in total. The van der Waals surface area contributed by atoms with Crippen LogP contribution in [0.2, 0.25) is 0 Å². The second kappa shape index (κ2) is 6.16. The summed E-state index contributed by atoms with van der Waals surface area (Å²) in [6.07, 6.45) is 6.06. The Hall–Kier alpha value is -2.14. The summed E-state index contributed by atoms with van der Waals surface area (Å²) in [7, 11) is 0. The summed E-state index contributed by atoms with van der Waals surface area (Å²) in [4.78, 5) is 16.3. The fourth-order valence-electron chi connectivity index (χ4n) is 3.43. The third-order valence-electron chi connectivity index (χ3n) is 5.11. The van der Waals surface area contributed by atoms with E-state index in [9.17, 15) is 9.90 Å². The van der Waals surface area contributed by atoms with Crippen molar-refractivity contribution in [3.63, 3.8) is 0 Å². The zero-order valence-corrected chi connectivity index (χ0v) is 13.4. The quantitative estimate of drug-likeness (QED) is 0.823. The molecule has 23 heavy (non-hydrogen) atoms. The lowest BCUT2D eigenvalue weighted by Gasteiger charge is -2.14. The molecule has 3 rings (SSSR count). The molecule has 3 atom stereocenters. The van der Waals surface area contributed by atoms with Crippen molar-refractivity contribution < 1.29 is 9.90 Å². The van der Waals surface area contributed by atoms with Crippen LogP contribution in [0, 0.1) is 11.8 Å². The number of carboxylic acids is 1. The number of aliphatic carboxylic acids is 1. The average molecular weight is 313 g/mol. The highest BCUT2D eigenvalue weighted by atomic mass is 16.4. The Morgan fingerprint density at radius 1 is 1.48 bits per heavy atom. The first-order valence-electron chi connectivity index (χ1n) is 8.15. The van der Waals surface area contributed by atoms with Crippen molar-refractivity contribution in [2.45, 2.75) is 31.6 Å². The van der Waals surface area contributed by atoms with Crippen molar-refractivity contribution >= 4 is 5.97 Å². The van der Waals surface area contributed by atoms with Gasteiger partial charge in [0.2, 0.25) is 0 Å². The van der Waals surface area contributed by atoms with Gasteiger partial charge >= 0.3 is 5.97 Å². The molecular weight excluding hydrogens is 290 g/mol. The predicted molar refractivity (Wildman–Crippen MR) is 88.4 cm³/mol. The Balaban J connectivity index is 1.84. The molecule has 1 aromatic heterocycles. The molecule has 0 radical (unpaired) electrons. The zero-order valence-electron chi connectivity index (χ0n) is 13.4. The largest absolute Gasteiger partial charge is 0.481 e. The molecule has 5 heteroatoms. The highest BCUT2D eigenvalue weighted by molar-refractivity contribution is 5.85. The van der Waals surface area contributed by atoms with Crippen molar-refractivity contribution in [2.24, 2.45) is 17.6 Å². The molecule has 0 aliphatic heterocycles. The van der Waals surface area contributed by atoms with Crippen molar-refractivity contribution in [1.82, 2.24) is 9.55 Å². The van der Waals surface area contributed by atoms with Gasteiger partial charge in [-0.25, -0.2) is 4.98 Å². The van der Waals surface area contributed by atoms with Gasteiger partial charge in [-0.2, -0.15) is 0 Å². The first-order valence-corrected chi connectivity index (χ1v) is 8.15. The Morgan fingerprint density at radius 3 is 2.83 bits per heavy atom. The summed E-state index contributed by atoms with van der Waals surface area (Å²) >= 11 is 0. The molecule has 0 amide bonds. The van der Waals surface area contributed by atoms with Crippen LogP contribution in [0.3, 0.4) is 0 Å². The number of hydrogen-bond acceptors (Lipinski definition) is 3. The van der Waals surface area contributed by atoms with Crippen LogP contribution in [0.15, 0.2) is 42.9 Å². The maximum absolute atomic E-state index is 11.9. The standard InChI is InChI=1S/C18H23N3O2/c1-2-13(10-19)8-14-9-18(14,17(22)23)16-11-21(12-20-16)15-6-4-3-5-7-15/h3-7,11-14H,2,8-10,19H2,1H3,(H,22,23)/t13?,14-,18+/m0/s1. The van der Waals surface area contributed by atoms with Gasteiger partial charge in [0.15, 0.2) is 0 Å². The SMILES string of the molecule is CCC(CN)C[C@H]1C[C@]1(C(=O)O)c1cn(-c2ccccc2)cn1. The molecule has 0 spiro atoms. The number of aromatic nitrogens is 2. The van der Waals surface area contributed by atoms with Crippen LogP contribution in [0.4, 0.5) is 0 Å². The van der Waals surface area contributed by atoms with Gasteiger partial charge in [-0.1, -0.05) is 31.5 Å². The predicted octanol–water partition coefficient (Wildman–Crippen LogP) is 2.59. The number of nitrogens with zero attached hydrogens (tertiary/aromatic N) is 2. The van der Waals surface area contributed by atoms with Crippen LogP contribution >= 0.6 is 0 Å². The molecule has 3 N–H and O–H groups in total. The molecule has 0 bridgehead atoms. The second-order valence-corrected chi connectivity index (χ2v) is 6.42. The molecule has 0 saturated heterocycles. The average Bonchev–Trinajstić information content (AvgIpc) is 3.09. The number of carboxylic acid groups (broad SMARTS) is 1. The van der Waals surface area contributed by atoms with Gasteiger partial charge in [0.1, 0.15) is 5.41 Å². The Labute approximate surface area is 136 Å². The maximum atomic E-state index is 11.9. The number of imidazole rings is 1. The van der Waals surface area contributed by atoms with Crippen LogP contribution in [-0.4, -0.2) is 27.2 Å². The van der Waals surface area contributed by atoms with E-state index in [-0.39, 0.29) is 5.92 Å². The first-order chi connectivity index (χ1) is 11.1.